The zero-order valence-electron chi connectivity index (χ0n) is 14.0. The molecule has 0 atom stereocenters. The van der Waals surface area contributed by atoms with Gasteiger partial charge in [-0.1, -0.05) is 12.1 Å². The summed E-state index contributed by atoms with van der Waals surface area (Å²) in [7, 11) is 0. The predicted molar refractivity (Wildman–Crippen MR) is 99.6 cm³/mol. The number of benzene rings is 2. The molecule has 2 aromatic carbocycles. The first kappa shape index (κ1) is 16.4. The topological polar surface area (TPSA) is 97.1 Å². The zero-order chi connectivity index (χ0) is 18.0. The average Bonchev–Trinajstić information content (AvgIpc) is 2.57. The second kappa shape index (κ2) is 6.60. The normalized spacial score (nSPS) is 10.5. The van der Waals surface area contributed by atoms with Crippen molar-refractivity contribution < 1.29 is 9.59 Å². The Kier molecular flexibility index (Phi) is 4.35. The van der Waals surface area contributed by atoms with Crippen molar-refractivity contribution >= 4 is 39.6 Å². The van der Waals surface area contributed by atoms with Gasteiger partial charge in [0.1, 0.15) is 5.69 Å². The predicted octanol–water partition coefficient (Wildman–Crippen LogP) is 3.34. The van der Waals surface area contributed by atoms with Crippen LogP contribution in [0.1, 0.15) is 23.0 Å². The highest BCUT2D eigenvalue weighted by molar-refractivity contribution is 6.14. The number of nitrogen functional groups attached to an aromatic ring is 1. The number of nitrogens with zero attached hydrogens (tertiary/aromatic N) is 1. The van der Waals surface area contributed by atoms with Gasteiger partial charge in [0.15, 0.2) is 0 Å². The second-order valence-corrected chi connectivity index (χ2v) is 5.77. The Hall–Kier alpha value is -3.41. The van der Waals surface area contributed by atoms with Crippen LogP contribution < -0.4 is 16.4 Å². The number of pyridine rings is 1. The molecule has 25 heavy (non-hydrogen) atoms. The standard InChI is InChI=1S/C19H18N4O2/c1-11-6-7-16(20)15-8-9-21-18(17(11)15)19(25)23-14-5-3-4-13(10-14)22-12(2)24/h3-10H,20H2,1-2H3,(H,22,24)(H,23,25). The molecule has 0 radical (unpaired) electrons. The molecule has 3 aromatic rings. The van der Waals surface area contributed by atoms with Gasteiger partial charge in [-0.15, -0.1) is 0 Å². The van der Waals surface area contributed by atoms with E-state index in [4.69, 9.17) is 5.73 Å². The Labute approximate surface area is 145 Å². The lowest BCUT2D eigenvalue weighted by Gasteiger charge is -2.11. The van der Waals surface area contributed by atoms with Crippen molar-refractivity contribution in [2.24, 2.45) is 0 Å². The highest BCUT2D eigenvalue weighted by Crippen LogP contribution is 2.27. The van der Waals surface area contributed by atoms with E-state index >= 15 is 0 Å². The molecule has 0 unspecified atom stereocenters. The highest BCUT2D eigenvalue weighted by atomic mass is 16.2. The van der Waals surface area contributed by atoms with Crippen LogP contribution >= 0.6 is 0 Å². The number of rotatable bonds is 3. The lowest BCUT2D eigenvalue weighted by Crippen LogP contribution is -2.15. The van der Waals surface area contributed by atoms with Gasteiger partial charge in [-0.05, 0) is 42.8 Å². The quantitative estimate of drug-likeness (QED) is 0.640. The first-order chi connectivity index (χ1) is 12.0. The van der Waals surface area contributed by atoms with E-state index in [1.54, 1.807) is 36.5 Å². The summed E-state index contributed by atoms with van der Waals surface area (Å²) in [5, 5.41) is 7.03. The van der Waals surface area contributed by atoms with Crippen LogP contribution in [0, 0.1) is 6.92 Å². The third kappa shape index (κ3) is 3.42. The summed E-state index contributed by atoms with van der Waals surface area (Å²) >= 11 is 0. The number of hydrogen-bond donors (Lipinski definition) is 3. The Morgan fingerprint density at radius 3 is 2.48 bits per heavy atom. The van der Waals surface area contributed by atoms with Gasteiger partial charge >= 0.3 is 0 Å². The van der Waals surface area contributed by atoms with Gasteiger partial charge in [0.05, 0.1) is 0 Å². The molecule has 0 spiro atoms. The Bertz CT molecular complexity index is 982. The summed E-state index contributed by atoms with van der Waals surface area (Å²) in [5.41, 5.74) is 9.03. The van der Waals surface area contributed by atoms with Gasteiger partial charge < -0.3 is 16.4 Å². The van der Waals surface area contributed by atoms with Crippen LogP contribution in [0.15, 0.2) is 48.7 Å². The van der Waals surface area contributed by atoms with Gasteiger partial charge in [0.25, 0.3) is 5.91 Å². The molecule has 0 aliphatic carbocycles. The maximum atomic E-state index is 12.7. The SMILES string of the molecule is CC(=O)Nc1cccc(NC(=O)c2nccc3c(N)ccc(C)c23)c1. The van der Waals surface area contributed by atoms with E-state index in [1.165, 1.54) is 6.92 Å². The number of aryl methyl sites for hydroxylation is 1. The fourth-order valence-corrected chi connectivity index (χ4v) is 2.73. The summed E-state index contributed by atoms with van der Waals surface area (Å²) in [4.78, 5) is 28.1. The fraction of sp³-hybridized carbons (Fsp3) is 0.105. The Balaban J connectivity index is 1.96. The molecule has 0 bridgehead atoms. The molecule has 0 aliphatic rings. The van der Waals surface area contributed by atoms with Crippen molar-refractivity contribution in [1.29, 1.82) is 0 Å². The van der Waals surface area contributed by atoms with Crippen molar-refractivity contribution in [3.63, 3.8) is 0 Å². The average molecular weight is 334 g/mol. The first-order valence-electron chi connectivity index (χ1n) is 7.78. The monoisotopic (exact) mass is 334 g/mol. The van der Waals surface area contributed by atoms with Crippen molar-refractivity contribution in [3.8, 4) is 0 Å². The molecule has 0 saturated carbocycles. The summed E-state index contributed by atoms with van der Waals surface area (Å²) in [6.07, 6.45) is 1.57. The third-order valence-corrected chi connectivity index (χ3v) is 3.83. The minimum atomic E-state index is -0.334. The molecule has 0 aliphatic heterocycles. The number of nitrogens with one attached hydrogen (secondary N) is 2. The zero-order valence-corrected chi connectivity index (χ0v) is 14.0. The van der Waals surface area contributed by atoms with E-state index in [1.807, 2.05) is 19.1 Å². The van der Waals surface area contributed by atoms with E-state index in [0.29, 0.717) is 22.8 Å². The van der Waals surface area contributed by atoms with Crippen molar-refractivity contribution in [2.45, 2.75) is 13.8 Å². The molecule has 4 N–H and O–H groups in total. The molecule has 3 rings (SSSR count). The van der Waals surface area contributed by atoms with Gasteiger partial charge in [-0.3, -0.25) is 14.6 Å². The Morgan fingerprint density at radius 1 is 1.04 bits per heavy atom. The van der Waals surface area contributed by atoms with Crippen LogP contribution in [0.25, 0.3) is 10.8 Å². The number of hydrogen-bond acceptors (Lipinski definition) is 4. The molecule has 2 amide bonds. The van der Waals surface area contributed by atoms with Crippen LogP contribution in [-0.4, -0.2) is 16.8 Å². The molecule has 6 heteroatoms. The molecule has 0 fully saturated rings. The molecule has 1 heterocycles. The van der Waals surface area contributed by atoms with E-state index in [2.05, 4.69) is 15.6 Å². The number of amides is 2. The second-order valence-electron chi connectivity index (χ2n) is 5.77. The van der Waals surface area contributed by atoms with Crippen molar-refractivity contribution in [3.05, 3.63) is 59.9 Å². The van der Waals surface area contributed by atoms with E-state index in [0.717, 1.165) is 16.3 Å². The van der Waals surface area contributed by atoms with Gasteiger partial charge in [0, 0.05) is 41.0 Å². The summed E-state index contributed by atoms with van der Waals surface area (Å²) in [6.45, 7) is 3.34. The number of carbonyl (C=O) groups excluding carboxylic acids is 2. The van der Waals surface area contributed by atoms with Crippen LogP contribution in [0.5, 0.6) is 0 Å². The largest absolute Gasteiger partial charge is 0.398 e. The summed E-state index contributed by atoms with van der Waals surface area (Å²) < 4.78 is 0. The fourth-order valence-electron chi connectivity index (χ4n) is 2.73. The van der Waals surface area contributed by atoms with Crippen molar-refractivity contribution in [1.82, 2.24) is 4.98 Å². The summed E-state index contributed by atoms with van der Waals surface area (Å²) in [5.74, 6) is -0.510. The molecule has 6 nitrogen and oxygen atoms in total. The molecular weight excluding hydrogens is 316 g/mol. The highest BCUT2D eigenvalue weighted by Gasteiger charge is 2.15. The Morgan fingerprint density at radius 2 is 1.76 bits per heavy atom. The summed E-state index contributed by atoms with van der Waals surface area (Å²) in [6, 6.07) is 12.4. The maximum Gasteiger partial charge on any atom is 0.274 e. The number of fused-ring (bicyclic) bond motifs is 1. The van der Waals surface area contributed by atoms with Crippen LogP contribution in [-0.2, 0) is 4.79 Å². The molecule has 1 aromatic heterocycles. The first-order valence-corrected chi connectivity index (χ1v) is 7.78. The molecular formula is C19H18N4O2. The lowest BCUT2D eigenvalue weighted by molar-refractivity contribution is -0.114. The minimum absolute atomic E-state index is 0.176. The lowest BCUT2D eigenvalue weighted by atomic mass is 10.0. The van der Waals surface area contributed by atoms with E-state index < -0.39 is 0 Å². The number of carbonyl (C=O) groups is 2. The van der Waals surface area contributed by atoms with Crippen LogP contribution in [0.4, 0.5) is 17.1 Å². The van der Waals surface area contributed by atoms with E-state index in [-0.39, 0.29) is 11.8 Å². The molecule has 126 valence electrons. The van der Waals surface area contributed by atoms with Gasteiger partial charge in [-0.25, -0.2) is 0 Å². The third-order valence-electron chi connectivity index (χ3n) is 3.83. The van der Waals surface area contributed by atoms with Crippen LogP contribution in [0.2, 0.25) is 0 Å². The number of aromatic nitrogens is 1. The maximum absolute atomic E-state index is 12.7. The minimum Gasteiger partial charge on any atom is -0.398 e. The van der Waals surface area contributed by atoms with Crippen molar-refractivity contribution in [2.75, 3.05) is 16.4 Å². The van der Waals surface area contributed by atoms with E-state index in [9.17, 15) is 9.59 Å². The smallest absolute Gasteiger partial charge is 0.274 e. The number of nitrogens with two attached hydrogens (primary N) is 1. The van der Waals surface area contributed by atoms with Gasteiger partial charge in [0.2, 0.25) is 5.91 Å². The molecule has 0 saturated heterocycles. The number of anilines is 3. The van der Waals surface area contributed by atoms with Crippen LogP contribution in [0.3, 0.4) is 0 Å². The van der Waals surface area contributed by atoms with Gasteiger partial charge in [-0.2, -0.15) is 0 Å².